The topological polar surface area (TPSA) is 59.0 Å². The number of amides is 1. The summed E-state index contributed by atoms with van der Waals surface area (Å²) in [4.78, 5) is 14.0. The van der Waals surface area contributed by atoms with Crippen LogP contribution in [0.4, 0.5) is 13.2 Å². The fourth-order valence-electron chi connectivity index (χ4n) is 3.66. The van der Waals surface area contributed by atoms with Crippen LogP contribution in [-0.2, 0) is 5.79 Å². The lowest BCUT2D eigenvalue weighted by Crippen LogP contribution is -2.36. The quantitative estimate of drug-likeness (QED) is 0.587. The van der Waals surface area contributed by atoms with Gasteiger partial charge >= 0.3 is 5.79 Å². The van der Waals surface area contributed by atoms with E-state index in [1.165, 1.54) is 66.5 Å². The number of carbonyl (C=O) groups is 1. The Hall–Kier alpha value is -3.52. The molecule has 3 aromatic rings. The predicted octanol–water partition coefficient (Wildman–Crippen LogP) is 4.62. The molecule has 0 spiro atoms. The van der Waals surface area contributed by atoms with Crippen molar-refractivity contribution in [2.75, 3.05) is 13.6 Å². The third-order valence-corrected chi connectivity index (χ3v) is 5.52. The van der Waals surface area contributed by atoms with Crippen molar-refractivity contribution in [3.63, 3.8) is 0 Å². The molecule has 8 heteroatoms. The van der Waals surface area contributed by atoms with Crippen molar-refractivity contribution in [2.45, 2.75) is 25.2 Å². The van der Waals surface area contributed by atoms with Crippen molar-refractivity contribution in [3.05, 3.63) is 94.8 Å². The third-order valence-electron chi connectivity index (χ3n) is 5.52. The molecule has 0 fully saturated rings. The largest absolute Gasteiger partial charge is 0.440 e. The number of carbonyl (C=O) groups excluding carboxylic acids is 1. The van der Waals surface area contributed by atoms with E-state index in [2.05, 4.69) is 0 Å². The summed E-state index contributed by atoms with van der Waals surface area (Å²) < 4.78 is 54.2. The van der Waals surface area contributed by atoms with Gasteiger partial charge in [0, 0.05) is 30.8 Å². The average molecular weight is 457 g/mol. The highest BCUT2D eigenvalue weighted by Gasteiger charge is 2.46. The van der Waals surface area contributed by atoms with Gasteiger partial charge in [0.25, 0.3) is 5.91 Å². The summed E-state index contributed by atoms with van der Waals surface area (Å²) in [6.07, 6.45) is -0.292. The molecule has 172 valence electrons. The number of likely N-dealkylation sites (N-methyl/N-ethyl adjacent to an activating group) is 1. The van der Waals surface area contributed by atoms with Gasteiger partial charge in [-0.25, -0.2) is 13.2 Å². The Morgan fingerprint density at radius 1 is 0.939 bits per heavy atom. The Balaban J connectivity index is 1.75. The SMILES string of the molecule is CC[C@H](O)CN(C)C(=O)c1cc2c(cc1F)OC(c1ccc(F)cc1)(c1ccc(F)cc1)O2. The summed E-state index contributed by atoms with van der Waals surface area (Å²) in [5.41, 5.74) is 0.531. The lowest BCUT2D eigenvalue weighted by atomic mass is 9.97. The molecule has 1 atom stereocenters. The summed E-state index contributed by atoms with van der Waals surface area (Å²) in [6, 6.07) is 13.0. The Bertz CT molecular complexity index is 1120. The highest BCUT2D eigenvalue weighted by atomic mass is 19.1. The minimum Gasteiger partial charge on any atom is -0.440 e. The molecule has 33 heavy (non-hydrogen) atoms. The van der Waals surface area contributed by atoms with Gasteiger partial charge in [-0.2, -0.15) is 0 Å². The first kappa shape index (κ1) is 22.7. The van der Waals surface area contributed by atoms with Crippen LogP contribution >= 0.6 is 0 Å². The van der Waals surface area contributed by atoms with Crippen molar-refractivity contribution in [3.8, 4) is 11.5 Å². The zero-order chi connectivity index (χ0) is 23.8. The molecule has 1 N–H and O–H groups in total. The van der Waals surface area contributed by atoms with Crippen molar-refractivity contribution >= 4 is 5.91 Å². The van der Waals surface area contributed by atoms with Gasteiger partial charge in [-0.3, -0.25) is 4.79 Å². The summed E-state index contributed by atoms with van der Waals surface area (Å²) >= 11 is 0. The standard InChI is InChI=1S/C25H22F3NO4/c1-3-19(30)14-29(2)24(31)20-12-22-23(13-21(20)28)33-25(32-22,15-4-8-17(26)9-5-15)16-6-10-18(27)11-7-16/h4-13,19,30H,3,14H2,1-2H3/t19-/m0/s1. The third kappa shape index (κ3) is 4.26. The number of fused-ring (bicyclic) bond motifs is 1. The van der Waals surface area contributed by atoms with Crippen molar-refractivity contribution in [1.29, 1.82) is 0 Å². The van der Waals surface area contributed by atoms with Crippen LogP contribution in [0.25, 0.3) is 0 Å². The van der Waals surface area contributed by atoms with E-state index >= 15 is 0 Å². The maximum Gasteiger partial charge on any atom is 0.305 e. The minimum atomic E-state index is -1.64. The van der Waals surface area contributed by atoms with Gasteiger partial charge in [-0.05, 0) is 61.0 Å². The molecule has 1 heterocycles. The van der Waals surface area contributed by atoms with E-state index in [-0.39, 0.29) is 23.6 Å². The monoisotopic (exact) mass is 457 g/mol. The highest BCUT2D eigenvalue weighted by molar-refractivity contribution is 5.95. The zero-order valence-corrected chi connectivity index (χ0v) is 18.0. The first-order valence-corrected chi connectivity index (χ1v) is 10.4. The first-order chi connectivity index (χ1) is 15.7. The molecule has 0 bridgehead atoms. The first-order valence-electron chi connectivity index (χ1n) is 10.4. The molecular weight excluding hydrogens is 435 g/mol. The maximum atomic E-state index is 14.9. The van der Waals surface area contributed by atoms with Crippen LogP contribution in [0.1, 0.15) is 34.8 Å². The number of aliphatic hydroxyl groups is 1. The molecule has 0 aliphatic carbocycles. The zero-order valence-electron chi connectivity index (χ0n) is 18.0. The lowest BCUT2D eigenvalue weighted by Gasteiger charge is -2.28. The van der Waals surface area contributed by atoms with Crippen LogP contribution < -0.4 is 9.47 Å². The Morgan fingerprint density at radius 2 is 1.42 bits per heavy atom. The van der Waals surface area contributed by atoms with E-state index in [0.717, 1.165) is 6.07 Å². The van der Waals surface area contributed by atoms with Gasteiger partial charge in [-0.15, -0.1) is 0 Å². The molecule has 0 saturated heterocycles. The number of hydrogen-bond donors (Lipinski definition) is 1. The predicted molar refractivity (Wildman–Crippen MR) is 114 cm³/mol. The fourth-order valence-corrected chi connectivity index (χ4v) is 3.66. The second kappa shape index (κ2) is 8.78. The Kier molecular flexibility index (Phi) is 6.03. The Morgan fingerprint density at radius 3 is 1.91 bits per heavy atom. The smallest absolute Gasteiger partial charge is 0.305 e. The number of halogens is 3. The van der Waals surface area contributed by atoms with E-state index < -0.39 is 35.2 Å². The van der Waals surface area contributed by atoms with Crippen LogP contribution in [0.3, 0.4) is 0 Å². The summed E-state index contributed by atoms with van der Waals surface area (Å²) in [7, 11) is 1.46. The number of benzene rings is 3. The van der Waals surface area contributed by atoms with Crippen molar-refractivity contribution in [1.82, 2.24) is 4.90 Å². The molecule has 0 aromatic heterocycles. The number of aliphatic hydroxyl groups excluding tert-OH is 1. The minimum absolute atomic E-state index is 0.0361. The molecule has 0 radical (unpaired) electrons. The van der Waals surface area contributed by atoms with Crippen LogP contribution in [0, 0.1) is 17.5 Å². The van der Waals surface area contributed by atoms with Gasteiger partial charge in [0.15, 0.2) is 11.5 Å². The lowest BCUT2D eigenvalue weighted by molar-refractivity contribution is -0.0460. The molecule has 1 aliphatic rings. The van der Waals surface area contributed by atoms with Gasteiger partial charge in [0.1, 0.15) is 17.5 Å². The van der Waals surface area contributed by atoms with Crippen LogP contribution in [0.15, 0.2) is 60.7 Å². The van der Waals surface area contributed by atoms with Gasteiger partial charge in [-0.1, -0.05) is 6.92 Å². The normalized spacial score (nSPS) is 14.7. The van der Waals surface area contributed by atoms with Gasteiger partial charge in [0.05, 0.1) is 11.7 Å². The summed E-state index contributed by atoms with van der Waals surface area (Å²) in [6.45, 7) is 1.81. The van der Waals surface area contributed by atoms with E-state index in [4.69, 9.17) is 9.47 Å². The Labute approximate surface area is 189 Å². The molecule has 3 aromatic carbocycles. The molecule has 1 amide bonds. The molecule has 4 rings (SSSR count). The van der Waals surface area contributed by atoms with Crippen molar-refractivity contribution < 1.29 is 32.5 Å². The van der Waals surface area contributed by atoms with Crippen molar-refractivity contribution in [2.24, 2.45) is 0 Å². The van der Waals surface area contributed by atoms with Gasteiger partial charge < -0.3 is 19.5 Å². The van der Waals surface area contributed by atoms with E-state index in [9.17, 15) is 23.1 Å². The van der Waals surface area contributed by atoms with E-state index in [1.807, 2.05) is 0 Å². The highest BCUT2D eigenvalue weighted by Crippen LogP contribution is 2.48. The molecule has 0 saturated carbocycles. The number of rotatable bonds is 6. The van der Waals surface area contributed by atoms with Crippen LogP contribution in [0.2, 0.25) is 0 Å². The van der Waals surface area contributed by atoms with E-state index in [1.54, 1.807) is 6.92 Å². The molecule has 0 unspecified atom stereocenters. The molecule has 5 nitrogen and oxygen atoms in total. The molecule has 1 aliphatic heterocycles. The maximum absolute atomic E-state index is 14.9. The second-order valence-corrected chi connectivity index (χ2v) is 7.86. The van der Waals surface area contributed by atoms with E-state index in [0.29, 0.717) is 17.5 Å². The number of nitrogens with zero attached hydrogens (tertiary/aromatic N) is 1. The number of ether oxygens (including phenoxy) is 2. The average Bonchev–Trinajstić information content (AvgIpc) is 3.18. The number of hydrogen-bond acceptors (Lipinski definition) is 4. The van der Waals surface area contributed by atoms with Gasteiger partial charge in [0.2, 0.25) is 0 Å². The van der Waals surface area contributed by atoms with Crippen LogP contribution in [0.5, 0.6) is 11.5 Å². The molecular formula is C25H22F3NO4. The second-order valence-electron chi connectivity index (χ2n) is 7.86. The summed E-state index contributed by atoms with van der Waals surface area (Å²) in [5.74, 6) is -3.91. The summed E-state index contributed by atoms with van der Waals surface area (Å²) in [5, 5.41) is 9.82. The fraction of sp³-hybridized carbons (Fsp3) is 0.240. The van der Waals surface area contributed by atoms with Crippen LogP contribution in [-0.4, -0.2) is 35.6 Å².